The van der Waals surface area contributed by atoms with Gasteiger partial charge >= 0.3 is 6.01 Å². The molecule has 8 rings (SSSR count). The van der Waals surface area contributed by atoms with Gasteiger partial charge in [0.1, 0.15) is 34.8 Å². The number of nitrogens with two attached hydrogens (primary N) is 2. The summed E-state index contributed by atoms with van der Waals surface area (Å²) in [6, 6.07) is 6.52. The molecular weight excluding hydrogens is 634 g/mol. The lowest BCUT2D eigenvalue weighted by Crippen LogP contribution is -2.43. The van der Waals surface area contributed by atoms with E-state index >= 15 is 4.39 Å². The number of nitrogens with one attached hydrogen (secondary N) is 1. The Morgan fingerprint density at radius 3 is 2.52 bits per heavy atom. The van der Waals surface area contributed by atoms with E-state index in [1.54, 1.807) is 6.07 Å². The monoisotopic (exact) mass is 666 g/mol. The van der Waals surface area contributed by atoms with E-state index < -0.39 is 11.6 Å². The van der Waals surface area contributed by atoms with Crippen LogP contribution in [-0.4, -0.2) is 71.7 Å². The molecule has 2 aromatic carbocycles. The highest BCUT2D eigenvalue weighted by Crippen LogP contribution is 2.46. The van der Waals surface area contributed by atoms with E-state index in [4.69, 9.17) is 32.8 Å². The molecule has 1 unspecified atom stereocenters. The van der Waals surface area contributed by atoms with Gasteiger partial charge in [-0.15, -0.1) is 11.3 Å². The second-order valence-electron chi connectivity index (χ2n) is 12.3. The van der Waals surface area contributed by atoms with Crippen LogP contribution < -0.4 is 26.4 Å². The second kappa shape index (κ2) is 12.1. The number of nitriles is 1. The van der Waals surface area contributed by atoms with Gasteiger partial charge in [0.25, 0.3) is 0 Å². The van der Waals surface area contributed by atoms with Crippen LogP contribution in [0.5, 0.6) is 6.01 Å². The van der Waals surface area contributed by atoms with Gasteiger partial charge in [-0.3, -0.25) is 9.69 Å². The van der Waals surface area contributed by atoms with Crippen LogP contribution in [0.1, 0.15) is 44.1 Å². The topological polar surface area (TPSA) is 156 Å². The first-order valence-electron chi connectivity index (χ1n) is 15.5. The molecule has 0 saturated carbocycles. The molecule has 1 atom stereocenters. The molecule has 4 aromatic rings. The van der Waals surface area contributed by atoms with Crippen molar-refractivity contribution in [3.8, 4) is 23.2 Å². The molecule has 0 bridgehead atoms. The van der Waals surface area contributed by atoms with Crippen molar-refractivity contribution in [1.82, 2.24) is 20.2 Å². The summed E-state index contributed by atoms with van der Waals surface area (Å²) >= 11 is 7.72. The lowest BCUT2D eigenvalue weighted by Gasteiger charge is -2.31. The predicted octanol–water partition coefficient (Wildman–Crippen LogP) is 4.95. The summed E-state index contributed by atoms with van der Waals surface area (Å²) in [4.78, 5) is 23.9. The third kappa shape index (κ3) is 5.37. The maximum Gasteiger partial charge on any atom is 0.319 e. The van der Waals surface area contributed by atoms with Crippen LogP contribution in [0.2, 0.25) is 5.02 Å². The molecule has 5 N–H and O–H groups in total. The van der Waals surface area contributed by atoms with Gasteiger partial charge in [-0.05, 0) is 69.3 Å². The van der Waals surface area contributed by atoms with Crippen molar-refractivity contribution in [2.24, 2.45) is 5.73 Å². The minimum Gasteiger partial charge on any atom is -0.461 e. The summed E-state index contributed by atoms with van der Waals surface area (Å²) in [7, 11) is 0. The van der Waals surface area contributed by atoms with E-state index in [0.29, 0.717) is 23.4 Å². The number of fused-ring (bicyclic) bond motifs is 3. The fraction of sp³-hybridized carbons (Fsp3) is 0.438. The number of nitrogen functional groups attached to an aromatic ring is 1. The van der Waals surface area contributed by atoms with Crippen molar-refractivity contribution < 1.29 is 18.3 Å². The third-order valence-electron chi connectivity index (χ3n) is 9.48. The number of aromatic nitrogens is 2. The molecule has 46 heavy (non-hydrogen) atoms. The van der Waals surface area contributed by atoms with Gasteiger partial charge in [-0.2, -0.15) is 15.2 Å². The SMILES string of the molecule is N#Cc1c(N)sc2c(F)ccc(-c3c(Cl)cc4c(N5CCCC5)nc(OCC56CCCN5CCC6)nc4c3F)c12.NC(=O)C1CN1. The first-order chi connectivity index (χ1) is 22.2. The number of carbonyl (C=O) groups excluding carboxylic acids is 1. The highest BCUT2D eigenvalue weighted by Gasteiger charge is 2.45. The normalized spacial score (nSPS) is 20.0. The largest absolute Gasteiger partial charge is 0.461 e. The molecule has 2 aromatic heterocycles. The number of halogens is 3. The Morgan fingerprint density at radius 1 is 1.17 bits per heavy atom. The predicted molar refractivity (Wildman–Crippen MR) is 175 cm³/mol. The number of nitrogens with zero attached hydrogens (tertiary/aromatic N) is 5. The van der Waals surface area contributed by atoms with Gasteiger partial charge in [0.05, 0.1) is 26.9 Å². The Morgan fingerprint density at radius 2 is 1.89 bits per heavy atom. The van der Waals surface area contributed by atoms with Crippen molar-refractivity contribution in [2.75, 3.05) is 50.0 Å². The van der Waals surface area contributed by atoms with Crippen LogP contribution in [0.4, 0.5) is 19.6 Å². The van der Waals surface area contributed by atoms with Gasteiger partial charge in [-0.25, -0.2) is 8.78 Å². The number of benzene rings is 2. The average Bonchev–Trinajstić information content (AvgIpc) is 3.32. The van der Waals surface area contributed by atoms with Crippen molar-refractivity contribution in [3.63, 3.8) is 0 Å². The van der Waals surface area contributed by atoms with E-state index in [9.17, 15) is 14.4 Å². The number of carbonyl (C=O) groups is 1. The van der Waals surface area contributed by atoms with E-state index in [-0.39, 0.29) is 60.3 Å². The number of primary amides is 1. The zero-order chi connectivity index (χ0) is 32.2. The van der Waals surface area contributed by atoms with Crippen LogP contribution in [0.15, 0.2) is 18.2 Å². The fourth-order valence-corrected chi connectivity index (χ4v) is 8.31. The summed E-state index contributed by atoms with van der Waals surface area (Å²) in [5.74, 6) is -0.845. The molecule has 4 aliphatic heterocycles. The molecule has 14 heteroatoms. The van der Waals surface area contributed by atoms with Crippen molar-refractivity contribution >= 4 is 60.7 Å². The molecule has 4 fully saturated rings. The number of thiophene rings is 1. The van der Waals surface area contributed by atoms with Crippen molar-refractivity contribution in [1.29, 1.82) is 5.26 Å². The molecule has 10 nitrogen and oxygen atoms in total. The Labute approximate surface area is 273 Å². The summed E-state index contributed by atoms with van der Waals surface area (Å²) in [6.45, 7) is 4.96. The summed E-state index contributed by atoms with van der Waals surface area (Å²) in [5.41, 5.74) is 11.3. The minimum atomic E-state index is -0.668. The first kappa shape index (κ1) is 30.8. The van der Waals surface area contributed by atoms with Gasteiger partial charge in [0, 0.05) is 36.0 Å². The van der Waals surface area contributed by atoms with Crippen LogP contribution in [0, 0.1) is 23.0 Å². The summed E-state index contributed by atoms with van der Waals surface area (Å²) in [6.07, 6.45) is 6.44. The summed E-state index contributed by atoms with van der Waals surface area (Å²) in [5, 5.41) is 13.6. The van der Waals surface area contributed by atoms with Gasteiger partial charge < -0.3 is 26.4 Å². The number of anilines is 2. The standard InChI is InChI=1S/C29H27ClF2N6OS.C3H6N2O/c30-19-13-17-24(23(32)22(19)16-5-6-20(31)25-21(16)18(14-33)26(34)40-25)35-28(36-27(17)37-9-1-2-10-37)39-15-29-7-3-11-38(29)12-4-8-29;4-3(6)2-1-5-2/h5-6,13H,1-4,7-12,15,34H2;2,5H,1H2,(H2,4,6). The molecule has 1 amide bonds. The van der Waals surface area contributed by atoms with Crippen LogP contribution >= 0.6 is 22.9 Å². The van der Waals surface area contributed by atoms with Gasteiger partial charge in [-0.1, -0.05) is 17.7 Å². The molecular formula is C32H33ClF2N8O2S. The van der Waals surface area contributed by atoms with E-state index in [2.05, 4.69) is 20.1 Å². The number of ether oxygens (including phenoxy) is 1. The zero-order valence-electron chi connectivity index (χ0n) is 25.0. The Balaban J connectivity index is 0.000000508. The maximum absolute atomic E-state index is 16.6. The fourth-order valence-electron chi connectivity index (χ4n) is 7.07. The highest BCUT2D eigenvalue weighted by molar-refractivity contribution is 7.23. The van der Waals surface area contributed by atoms with Crippen LogP contribution in [0.3, 0.4) is 0 Å². The Bertz CT molecular complexity index is 1890. The van der Waals surface area contributed by atoms with Gasteiger partial charge in [0.2, 0.25) is 5.91 Å². The van der Waals surface area contributed by atoms with Crippen molar-refractivity contribution in [3.05, 3.63) is 40.4 Å². The second-order valence-corrected chi connectivity index (χ2v) is 13.7. The molecule has 4 saturated heterocycles. The molecule has 4 aliphatic rings. The molecule has 240 valence electrons. The van der Waals surface area contributed by atoms with Crippen LogP contribution in [0.25, 0.3) is 32.1 Å². The lowest BCUT2D eigenvalue weighted by atomic mass is 9.95. The van der Waals surface area contributed by atoms with Crippen LogP contribution in [-0.2, 0) is 4.79 Å². The van der Waals surface area contributed by atoms with E-state index in [1.165, 1.54) is 12.1 Å². The lowest BCUT2D eigenvalue weighted by molar-refractivity contribution is -0.117. The zero-order valence-corrected chi connectivity index (χ0v) is 26.6. The average molecular weight is 667 g/mol. The summed E-state index contributed by atoms with van der Waals surface area (Å²) < 4.78 is 37.8. The molecule has 0 spiro atoms. The number of hydrogen-bond donors (Lipinski definition) is 3. The quantitative estimate of drug-likeness (QED) is 0.242. The molecule has 6 heterocycles. The highest BCUT2D eigenvalue weighted by atomic mass is 35.5. The third-order valence-corrected chi connectivity index (χ3v) is 10.8. The minimum absolute atomic E-state index is 0.00926. The smallest absolute Gasteiger partial charge is 0.319 e. The number of hydrogen-bond acceptors (Lipinski definition) is 10. The Kier molecular flexibility index (Phi) is 8.09. The maximum atomic E-state index is 16.6. The Hall–Kier alpha value is -3.83. The van der Waals surface area contributed by atoms with Crippen molar-refractivity contribution in [2.45, 2.75) is 50.1 Å². The first-order valence-corrected chi connectivity index (χ1v) is 16.7. The molecule has 0 radical (unpaired) electrons. The van der Waals surface area contributed by atoms with E-state index in [0.717, 1.165) is 82.6 Å². The number of rotatable bonds is 6. The molecule has 0 aliphatic carbocycles. The van der Waals surface area contributed by atoms with Gasteiger partial charge in [0.15, 0.2) is 5.82 Å². The van der Waals surface area contributed by atoms with E-state index in [1.807, 2.05) is 6.07 Å². The number of amides is 1.